The summed E-state index contributed by atoms with van der Waals surface area (Å²) < 4.78 is 5.48. The van der Waals surface area contributed by atoms with Crippen LogP contribution in [0.3, 0.4) is 0 Å². The summed E-state index contributed by atoms with van der Waals surface area (Å²) >= 11 is 4.62. The molecule has 0 radical (unpaired) electrons. The Morgan fingerprint density at radius 2 is 1.90 bits per heavy atom. The summed E-state index contributed by atoms with van der Waals surface area (Å²) in [6.45, 7) is -0.00158. The summed E-state index contributed by atoms with van der Waals surface area (Å²) in [6, 6.07) is 7.65. The summed E-state index contributed by atoms with van der Waals surface area (Å²) in [5, 5.41) is 6.70. The molecule has 0 N–H and O–H groups in total. The van der Waals surface area contributed by atoms with Crippen LogP contribution in [0.4, 0.5) is 0 Å². The molecule has 0 bridgehead atoms. The molecule has 2 amide bonds. The Labute approximate surface area is 185 Å². The van der Waals surface area contributed by atoms with E-state index in [2.05, 4.69) is 4.98 Å². The Kier molecular flexibility index (Phi) is 6.31. The number of amides is 2. The molecule has 0 saturated carbocycles. The Morgan fingerprint density at radius 1 is 1.17 bits per heavy atom. The average molecular weight is 459 g/mol. The highest BCUT2D eigenvalue weighted by Gasteiger charge is 2.43. The Morgan fingerprint density at radius 3 is 2.53 bits per heavy atom. The number of carbonyl (C=O) groups excluding carboxylic acids is 3. The highest BCUT2D eigenvalue weighted by atomic mass is 32.2. The highest BCUT2D eigenvalue weighted by Crippen LogP contribution is 2.28. The van der Waals surface area contributed by atoms with Crippen molar-refractivity contribution in [1.82, 2.24) is 9.88 Å². The number of thiazole rings is 1. The van der Waals surface area contributed by atoms with Crippen LogP contribution in [0, 0.1) is 0 Å². The molecular weight excluding hydrogens is 440 g/mol. The van der Waals surface area contributed by atoms with Crippen molar-refractivity contribution in [1.29, 1.82) is 0 Å². The normalized spacial score (nSPS) is 14.1. The second-order valence-electron chi connectivity index (χ2n) is 6.59. The summed E-state index contributed by atoms with van der Waals surface area (Å²) in [7, 11) is 0. The molecule has 3 heterocycles. The molecule has 6 nitrogen and oxygen atoms in total. The van der Waals surface area contributed by atoms with Gasteiger partial charge in [-0.2, -0.15) is 23.1 Å². The smallest absolute Gasteiger partial charge is 0.329 e. The summed E-state index contributed by atoms with van der Waals surface area (Å²) in [6.07, 6.45) is 2.24. The van der Waals surface area contributed by atoms with Gasteiger partial charge in [0.2, 0.25) is 0 Å². The lowest BCUT2D eigenvalue weighted by molar-refractivity contribution is -0.149. The first-order valence-electron chi connectivity index (χ1n) is 9.19. The lowest BCUT2D eigenvalue weighted by atomic mass is 10.1. The highest BCUT2D eigenvalue weighted by molar-refractivity contribution is 7.98. The van der Waals surface area contributed by atoms with Gasteiger partial charge in [0.1, 0.15) is 17.7 Å². The molecule has 30 heavy (non-hydrogen) atoms. The first-order chi connectivity index (χ1) is 14.6. The maximum absolute atomic E-state index is 12.9. The summed E-state index contributed by atoms with van der Waals surface area (Å²) in [5.74, 6) is -0.880. The number of benzene rings is 1. The Bertz CT molecular complexity index is 1040. The van der Waals surface area contributed by atoms with Crippen LogP contribution in [0.5, 0.6) is 0 Å². The van der Waals surface area contributed by atoms with Gasteiger partial charge in [0.05, 0.1) is 16.8 Å². The van der Waals surface area contributed by atoms with Gasteiger partial charge in [-0.05, 0) is 42.0 Å². The predicted molar refractivity (Wildman–Crippen MR) is 119 cm³/mol. The number of nitrogens with zero attached hydrogens (tertiary/aromatic N) is 2. The second-order valence-corrected chi connectivity index (χ2v) is 9.21. The Hall–Kier alpha value is -2.49. The maximum Gasteiger partial charge on any atom is 0.329 e. The number of fused-ring (bicyclic) bond motifs is 1. The molecule has 0 aliphatic carbocycles. The molecule has 1 aliphatic heterocycles. The molecule has 0 saturated heterocycles. The molecule has 154 valence electrons. The topological polar surface area (TPSA) is 76.6 Å². The van der Waals surface area contributed by atoms with E-state index in [4.69, 9.17) is 4.74 Å². The molecule has 1 aliphatic rings. The molecule has 0 spiro atoms. The van der Waals surface area contributed by atoms with E-state index in [-0.39, 0.29) is 6.61 Å². The van der Waals surface area contributed by atoms with Gasteiger partial charge in [0.15, 0.2) is 0 Å². The fraction of sp³-hybridized carbons (Fsp3) is 0.238. The molecule has 1 unspecified atom stereocenters. The van der Waals surface area contributed by atoms with Crippen LogP contribution in [-0.4, -0.2) is 45.7 Å². The molecule has 4 rings (SSSR count). The number of imide groups is 1. The van der Waals surface area contributed by atoms with Crippen LogP contribution in [-0.2, 0) is 16.1 Å². The molecule has 3 aromatic rings. The number of thioether (sulfide) groups is 1. The van der Waals surface area contributed by atoms with Gasteiger partial charge < -0.3 is 4.74 Å². The first kappa shape index (κ1) is 20.8. The molecule has 9 heteroatoms. The fourth-order valence-electron chi connectivity index (χ4n) is 3.21. The van der Waals surface area contributed by atoms with E-state index in [1.54, 1.807) is 47.4 Å². The SMILES string of the molecule is CSCCC(C(=O)OCc1csc(-c2ccsc2)n1)N1C(=O)c2ccccc2C1=O. The van der Waals surface area contributed by atoms with Crippen LogP contribution in [0.15, 0.2) is 46.5 Å². The van der Waals surface area contributed by atoms with Crippen LogP contribution in [0.1, 0.15) is 32.8 Å². The largest absolute Gasteiger partial charge is 0.458 e. The molecule has 1 aromatic carbocycles. The molecule has 2 aromatic heterocycles. The quantitative estimate of drug-likeness (QED) is 0.369. The van der Waals surface area contributed by atoms with Crippen molar-refractivity contribution < 1.29 is 19.1 Å². The number of hydrogen-bond acceptors (Lipinski definition) is 8. The minimum absolute atomic E-state index is 0.00158. The van der Waals surface area contributed by atoms with Crippen molar-refractivity contribution in [2.45, 2.75) is 19.1 Å². The standard InChI is InChI=1S/C21H18N2O4S3/c1-28-8-7-17(23-19(24)15-4-2-3-5-16(15)20(23)25)21(26)27-10-14-12-30-18(22-14)13-6-9-29-11-13/h2-6,9,11-12,17H,7-8,10H2,1H3. The average Bonchev–Trinajstić information content (AvgIpc) is 3.49. The number of thiophene rings is 1. The van der Waals surface area contributed by atoms with E-state index < -0.39 is 23.8 Å². The van der Waals surface area contributed by atoms with Crippen LogP contribution >= 0.6 is 34.4 Å². The summed E-state index contributed by atoms with van der Waals surface area (Å²) in [5.41, 5.74) is 2.32. The lowest BCUT2D eigenvalue weighted by Crippen LogP contribution is -2.46. The number of esters is 1. The maximum atomic E-state index is 12.9. The number of aromatic nitrogens is 1. The molecular formula is C21H18N2O4S3. The van der Waals surface area contributed by atoms with Gasteiger partial charge in [0.25, 0.3) is 11.8 Å². The van der Waals surface area contributed by atoms with Gasteiger partial charge in [-0.25, -0.2) is 9.78 Å². The van der Waals surface area contributed by atoms with Gasteiger partial charge >= 0.3 is 5.97 Å². The van der Waals surface area contributed by atoms with Gasteiger partial charge in [-0.3, -0.25) is 14.5 Å². The van der Waals surface area contributed by atoms with Crippen molar-refractivity contribution in [3.05, 3.63) is 63.3 Å². The zero-order valence-electron chi connectivity index (χ0n) is 16.1. The monoisotopic (exact) mass is 458 g/mol. The van der Waals surface area contributed by atoms with Gasteiger partial charge in [-0.15, -0.1) is 11.3 Å². The number of rotatable bonds is 8. The van der Waals surface area contributed by atoms with E-state index in [1.165, 1.54) is 11.3 Å². The van der Waals surface area contributed by atoms with Gasteiger partial charge in [-0.1, -0.05) is 12.1 Å². The minimum atomic E-state index is -0.958. The van der Waals surface area contributed by atoms with E-state index in [0.29, 0.717) is 29.0 Å². The Balaban J connectivity index is 1.48. The minimum Gasteiger partial charge on any atom is -0.458 e. The van der Waals surface area contributed by atoms with E-state index in [9.17, 15) is 14.4 Å². The third-order valence-corrected chi connectivity index (χ3v) is 6.95. The second kappa shape index (κ2) is 9.11. The van der Waals surface area contributed by atoms with Crippen molar-refractivity contribution in [2.75, 3.05) is 12.0 Å². The van der Waals surface area contributed by atoms with Crippen molar-refractivity contribution in [3.8, 4) is 10.6 Å². The van der Waals surface area contributed by atoms with E-state index in [1.807, 2.05) is 28.5 Å². The zero-order valence-corrected chi connectivity index (χ0v) is 18.5. The first-order valence-corrected chi connectivity index (χ1v) is 12.4. The predicted octanol–water partition coefficient (Wildman–Crippen LogP) is 4.33. The fourth-order valence-corrected chi connectivity index (χ4v) is 5.18. The van der Waals surface area contributed by atoms with Crippen molar-refractivity contribution >= 4 is 52.2 Å². The molecule has 0 fully saturated rings. The van der Waals surface area contributed by atoms with Gasteiger partial charge in [0, 0.05) is 16.3 Å². The van der Waals surface area contributed by atoms with Crippen LogP contribution < -0.4 is 0 Å². The number of carbonyl (C=O) groups is 3. The third-order valence-electron chi connectivity index (χ3n) is 4.69. The number of ether oxygens (including phenoxy) is 1. The van der Waals surface area contributed by atoms with Crippen LogP contribution in [0.25, 0.3) is 10.6 Å². The zero-order chi connectivity index (χ0) is 21.1. The lowest BCUT2D eigenvalue weighted by Gasteiger charge is -2.24. The third kappa shape index (κ3) is 4.05. The van der Waals surface area contributed by atoms with Crippen LogP contribution in [0.2, 0.25) is 0 Å². The molecule has 1 atom stereocenters. The van der Waals surface area contributed by atoms with E-state index >= 15 is 0 Å². The number of hydrogen-bond donors (Lipinski definition) is 0. The summed E-state index contributed by atoms with van der Waals surface area (Å²) in [4.78, 5) is 44.0. The van der Waals surface area contributed by atoms with Crippen molar-refractivity contribution in [2.24, 2.45) is 0 Å². The van der Waals surface area contributed by atoms with E-state index in [0.717, 1.165) is 15.5 Å². The van der Waals surface area contributed by atoms with Crippen molar-refractivity contribution in [3.63, 3.8) is 0 Å².